The number of rotatable bonds is 2. The van der Waals surface area contributed by atoms with Crippen LogP contribution >= 0.6 is 0 Å². The van der Waals surface area contributed by atoms with Crippen LogP contribution in [0, 0.1) is 0 Å². The number of alkyl halides is 3. The zero-order chi connectivity index (χ0) is 19.2. The third-order valence-corrected chi connectivity index (χ3v) is 5.06. The molecule has 0 bridgehead atoms. The molecule has 0 aliphatic carbocycles. The quantitative estimate of drug-likeness (QED) is 0.467. The second-order valence-electron chi connectivity index (χ2n) is 7.26. The van der Waals surface area contributed by atoms with Gasteiger partial charge in [0.05, 0.1) is 17.0 Å². The summed E-state index contributed by atoms with van der Waals surface area (Å²) in [4.78, 5) is 4.75. The molecule has 0 radical (unpaired) electrons. The summed E-state index contributed by atoms with van der Waals surface area (Å²) in [5.74, 6) is 0. The molecule has 0 N–H and O–H groups in total. The van der Waals surface area contributed by atoms with E-state index in [-0.39, 0.29) is 5.41 Å². The molecule has 4 rings (SSSR count). The average molecular weight is 365 g/mol. The highest BCUT2D eigenvalue weighted by atomic mass is 19.4. The van der Waals surface area contributed by atoms with Crippen LogP contribution in [-0.2, 0) is 11.6 Å². The monoisotopic (exact) mass is 365 g/mol. The SMILES string of the molecule is CC1(C)C(/C=C/c2cccc(C(F)(F)F)c2)=Nc2ccc3ccccc3c21. The van der Waals surface area contributed by atoms with Gasteiger partial charge in [0.15, 0.2) is 0 Å². The van der Waals surface area contributed by atoms with E-state index in [4.69, 9.17) is 4.99 Å². The van der Waals surface area contributed by atoms with Crippen LogP contribution < -0.4 is 0 Å². The van der Waals surface area contributed by atoms with Crippen molar-refractivity contribution in [2.45, 2.75) is 25.4 Å². The fraction of sp³-hybridized carbons (Fsp3) is 0.174. The van der Waals surface area contributed by atoms with E-state index in [1.165, 1.54) is 6.07 Å². The number of allylic oxidation sites excluding steroid dienone is 1. The molecule has 1 aliphatic rings. The van der Waals surface area contributed by atoms with Gasteiger partial charge in [0, 0.05) is 5.41 Å². The maximum absolute atomic E-state index is 12.9. The fourth-order valence-corrected chi connectivity index (χ4v) is 3.65. The molecule has 0 saturated carbocycles. The van der Waals surface area contributed by atoms with E-state index in [2.05, 4.69) is 26.0 Å². The lowest BCUT2D eigenvalue weighted by Gasteiger charge is -2.22. The zero-order valence-corrected chi connectivity index (χ0v) is 15.0. The summed E-state index contributed by atoms with van der Waals surface area (Å²) >= 11 is 0. The Bertz CT molecular complexity index is 1090. The second-order valence-corrected chi connectivity index (χ2v) is 7.26. The van der Waals surface area contributed by atoms with Crippen molar-refractivity contribution >= 4 is 28.2 Å². The van der Waals surface area contributed by atoms with Crippen LogP contribution in [-0.4, -0.2) is 5.71 Å². The Balaban J connectivity index is 1.72. The molecule has 0 aromatic heterocycles. The molecule has 1 nitrogen and oxygen atoms in total. The van der Waals surface area contributed by atoms with Crippen LogP contribution in [0.1, 0.15) is 30.5 Å². The van der Waals surface area contributed by atoms with Crippen molar-refractivity contribution in [3.63, 3.8) is 0 Å². The van der Waals surface area contributed by atoms with Gasteiger partial charge < -0.3 is 0 Å². The molecule has 0 amide bonds. The Hall–Kier alpha value is -2.88. The number of halogens is 3. The largest absolute Gasteiger partial charge is 0.416 e. The van der Waals surface area contributed by atoms with E-state index in [9.17, 15) is 13.2 Å². The number of nitrogens with zero attached hydrogens (tertiary/aromatic N) is 1. The van der Waals surface area contributed by atoms with Crippen molar-refractivity contribution in [2.24, 2.45) is 4.99 Å². The number of hydrogen-bond donors (Lipinski definition) is 0. The average Bonchev–Trinajstić information content (AvgIpc) is 2.90. The lowest BCUT2D eigenvalue weighted by molar-refractivity contribution is -0.137. The number of benzene rings is 3. The van der Waals surface area contributed by atoms with Crippen molar-refractivity contribution in [2.75, 3.05) is 0 Å². The van der Waals surface area contributed by atoms with Crippen LogP contribution in [0.5, 0.6) is 0 Å². The molecule has 0 spiro atoms. The van der Waals surface area contributed by atoms with Crippen molar-refractivity contribution in [3.8, 4) is 0 Å². The van der Waals surface area contributed by atoms with Crippen molar-refractivity contribution in [1.82, 2.24) is 0 Å². The number of fused-ring (bicyclic) bond motifs is 3. The molecule has 1 aliphatic heterocycles. The van der Waals surface area contributed by atoms with Gasteiger partial charge in [-0.2, -0.15) is 13.2 Å². The van der Waals surface area contributed by atoms with Crippen LogP contribution in [0.4, 0.5) is 18.9 Å². The molecule has 3 aromatic rings. The summed E-state index contributed by atoms with van der Waals surface area (Å²) in [6.45, 7) is 4.20. The van der Waals surface area contributed by atoms with Crippen molar-refractivity contribution in [1.29, 1.82) is 0 Å². The lowest BCUT2D eigenvalue weighted by Crippen LogP contribution is -2.24. The van der Waals surface area contributed by atoms with Crippen LogP contribution in [0.3, 0.4) is 0 Å². The Morgan fingerprint density at radius 2 is 1.67 bits per heavy atom. The predicted octanol–water partition coefficient (Wildman–Crippen LogP) is 6.94. The topological polar surface area (TPSA) is 12.4 Å². The van der Waals surface area contributed by atoms with E-state index in [1.54, 1.807) is 12.1 Å². The first-order valence-electron chi connectivity index (χ1n) is 8.73. The van der Waals surface area contributed by atoms with Crippen LogP contribution in [0.15, 0.2) is 71.7 Å². The molecule has 0 saturated heterocycles. The Labute approximate surface area is 155 Å². The Morgan fingerprint density at radius 3 is 2.44 bits per heavy atom. The normalized spacial score (nSPS) is 16.0. The summed E-state index contributed by atoms with van der Waals surface area (Å²) in [7, 11) is 0. The molecule has 3 aromatic carbocycles. The van der Waals surface area contributed by atoms with Crippen LogP contribution in [0.25, 0.3) is 16.8 Å². The van der Waals surface area contributed by atoms with Crippen molar-refractivity contribution in [3.05, 3.63) is 83.4 Å². The van der Waals surface area contributed by atoms with Gasteiger partial charge in [0.25, 0.3) is 0 Å². The third-order valence-electron chi connectivity index (χ3n) is 5.06. The maximum atomic E-state index is 12.9. The van der Waals surface area contributed by atoms with E-state index in [0.29, 0.717) is 5.56 Å². The molecule has 27 heavy (non-hydrogen) atoms. The predicted molar refractivity (Wildman–Crippen MR) is 105 cm³/mol. The molecule has 0 unspecified atom stereocenters. The van der Waals surface area contributed by atoms with Gasteiger partial charge in [-0.1, -0.05) is 62.4 Å². The maximum Gasteiger partial charge on any atom is 0.416 e. The summed E-state index contributed by atoms with van der Waals surface area (Å²) < 4.78 is 38.7. The van der Waals surface area contributed by atoms with Gasteiger partial charge in [0.2, 0.25) is 0 Å². The summed E-state index contributed by atoms with van der Waals surface area (Å²) in [6.07, 6.45) is -0.822. The summed E-state index contributed by atoms with van der Waals surface area (Å²) in [5, 5.41) is 2.31. The number of hydrogen-bond acceptors (Lipinski definition) is 1. The highest BCUT2D eigenvalue weighted by Gasteiger charge is 2.35. The smallest absolute Gasteiger partial charge is 0.252 e. The molecule has 0 fully saturated rings. The molecule has 0 atom stereocenters. The minimum atomic E-state index is -4.34. The number of aliphatic imine (C=N–C) groups is 1. The van der Waals surface area contributed by atoms with E-state index in [1.807, 2.05) is 30.3 Å². The zero-order valence-electron chi connectivity index (χ0n) is 15.0. The first kappa shape index (κ1) is 17.5. The lowest BCUT2D eigenvalue weighted by atomic mass is 9.79. The molecular formula is C23H18F3N. The molecule has 136 valence electrons. The molecule has 1 heterocycles. The van der Waals surface area contributed by atoms with E-state index >= 15 is 0 Å². The van der Waals surface area contributed by atoms with Gasteiger partial charge in [-0.05, 0) is 46.2 Å². The summed E-state index contributed by atoms with van der Waals surface area (Å²) in [6, 6.07) is 17.5. The Morgan fingerprint density at radius 1 is 0.889 bits per heavy atom. The van der Waals surface area contributed by atoms with E-state index < -0.39 is 11.7 Å². The van der Waals surface area contributed by atoms with Crippen LogP contribution in [0.2, 0.25) is 0 Å². The van der Waals surface area contributed by atoms with Crippen molar-refractivity contribution < 1.29 is 13.2 Å². The van der Waals surface area contributed by atoms with E-state index in [0.717, 1.165) is 39.9 Å². The van der Waals surface area contributed by atoms with Gasteiger partial charge >= 0.3 is 6.18 Å². The first-order valence-corrected chi connectivity index (χ1v) is 8.73. The minimum Gasteiger partial charge on any atom is -0.252 e. The third kappa shape index (κ3) is 3.05. The summed E-state index contributed by atoms with van der Waals surface area (Å²) in [5.41, 5.74) is 2.45. The molecular weight excluding hydrogens is 347 g/mol. The van der Waals surface area contributed by atoms with Gasteiger partial charge in [-0.3, -0.25) is 4.99 Å². The fourth-order valence-electron chi connectivity index (χ4n) is 3.65. The van der Waals surface area contributed by atoms with Gasteiger partial charge in [-0.25, -0.2) is 0 Å². The molecule has 4 heteroatoms. The first-order chi connectivity index (χ1) is 12.8. The second kappa shape index (κ2) is 6.08. The highest BCUT2D eigenvalue weighted by Crippen LogP contribution is 2.44. The van der Waals surface area contributed by atoms with Gasteiger partial charge in [-0.15, -0.1) is 0 Å². The highest BCUT2D eigenvalue weighted by molar-refractivity contribution is 6.13. The van der Waals surface area contributed by atoms with Gasteiger partial charge in [0.1, 0.15) is 0 Å². The Kier molecular flexibility index (Phi) is 3.95. The standard InChI is InChI=1S/C23H18F3N/c1-22(2)20(13-10-15-6-5-8-17(14-15)23(24,25)26)27-19-12-11-16-7-3-4-9-18(16)21(19)22/h3-14H,1-2H3/b13-10+. The minimum absolute atomic E-state index is 0.325.